The average Bonchev–Trinajstić information content (AvgIpc) is 2.44. The maximum Gasteiger partial charge on any atom is 0.426 e. The standard InChI is InChI=1S/C16H14ClF3O3/c1-2-3-4-5-9-6-11(17)7-10-8-12(15(21)22)14(16(18,19)20)23-13(9)10/h6-7,12,14H,2-3,8H2,1H3,(H,21,22). The summed E-state index contributed by atoms with van der Waals surface area (Å²) in [4.78, 5) is 11.2. The maximum atomic E-state index is 13.1. The summed E-state index contributed by atoms with van der Waals surface area (Å²) in [7, 11) is 0. The minimum atomic E-state index is -4.78. The third-order valence-electron chi connectivity index (χ3n) is 3.42. The number of rotatable bonds is 2. The van der Waals surface area contributed by atoms with E-state index >= 15 is 0 Å². The normalized spacial score (nSPS) is 20.0. The van der Waals surface area contributed by atoms with Crippen LogP contribution in [0.1, 0.15) is 30.9 Å². The van der Waals surface area contributed by atoms with Crippen molar-refractivity contribution < 1.29 is 27.8 Å². The first-order valence-corrected chi connectivity index (χ1v) is 7.39. The smallest absolute Gasteiger partial charge is 0.426 e. The van der Waals surface area contributed by atoms with Gasteiger partial charge in [0.25, 0.3) is 0 Å². The summed E-state index contributed by atoms with van der Waals surface area (Å²) >= 11 is 5.96. The van der Waals surface area contributed by atoms with Crippen LogP contribution < -0.4 is 4.74 Å². The molecule has 0 aliphatic carbocycles. The summed E-state index contributed by atoms with van der Waals surface area (Å²) in [5.41, 5.74) is 0.574. The van der Waals surface area contributed by atoms with Gasteiger partial charge < -0.3 is 9.84 Å². The molecule has 2 unspecified atom stereocenters. The van der Waals surface area contributed by atoms with Crippen LogP contribution in [0.3, 0.4) is 0 Å². The Bertz CT molecular complexity index is 674. The number of aliphatic carboxylic acids is 1. The number of carbonyl (C=O) groups is 1. The van der Waals surface area contributed by atoms with Crippen LogP contribution in [0.15, 0.2) is 12.1 Å². The second-order valence-electron chi connectivity index (χ2n) is 5.22. The number of fused-ring (bicyclic) bond motifs is 1. The summed E-state index contributed by atoms with van der Waals surface area (Å²) in [6.07, 6.45) is -6.10. The van der Waals surface area contributed by atoms with Crippen molar-refractivity contribution in [3.8, 4) is 17.6 Å². The van der Waals surface area contributed by atoms with Crippen molar-refractivity contribution in [1.82, 2.24) is 0 Å². The van der Waals surface area contributed by atoms with E-state index in [4.69, 9.17) is 21.4 Å². The van der Waals surface area contributed by atoms with Gasteiger partial charge in [-0.05, 0) is 30.5 Å². The highest BCUT2D eigenvalue weighted by atomic mass is 35.5. The molecular weight excluding hydrogens is 333 g/mol. The van der Waals surface area contributed by atoms with Crippen molar-refractivity contribution in [2.45, 2.75) is 38.5 Å². The first-order valence-electron chi connectivity index (χ1n) is 7.01. The van der Waals surface area contributed by atoms with Gasteiger partial charge in [0, 0.05) is 11.4 Å². The lowest BCUT2D eigenvalue weighted by Gasteiger charge is -2.33. The Hall–Kier alpha value is -1.87. The Morgan fingerprint density at radius 3 is 2.74 bits per heavy atom. The van der Waals surface area contributed by atoms with Gasteiger partial charge in [-0.25, -0.2) is 0 Å². The molecule has 1 aromatic carbocycles. The number of alkyl halides is 3. The Labute approximate surface area is 136 Å². The van der Waals surface area contributed by atoms with Gasteiger partial charge in [0.2, 0.25) is 6.10 Å². The van der Waals surface area contributed by atoms with Gasteiger partial charge in [0.1, 0.15) is 11.7 Å². The Balaban J connectivity index is 2.50. The zero-order valence-electron chi connectivity index (χ0n) is 12.2. The highest BCUT2D eigenvalue weighted by molar-refractivity contribution is 6.30. The number of benzene rings is 1. The molecule has 1 aliphatic rings. The molecule has 23 heavy (non-hydrogen) atoms. The minimum absolute atomic E-state index is 0.0298. The predicted molar refractivity (Wildman–Crippen MR) is 78.5 cm³/mol. The molecule has 1 aromatic rings. The van der Waals surface area contributed by atoms with E-state index in [1.165, 1.54) is 12.1 Å². The fourth-order valence-electron chi connectivity index (χ4n) is 2.38. The Morgan fingerprint density at radius 1 is 1.48 bits per heavy atom. The number of carboxylic acid groups (broad SMARTS) is 1. The second-order valence-corrected chi connectivity index (χ2v) is 5.66. The topological polar surface area (TPSA) is 46.5 Å². The Morgan fingerprint density at radius 2 is 2.17 bits per heavy atom. The van der Waals surface area contributed by atoms with Gasteiger partial charge in [-0.3, -0.25) is 4.79 Å². The molecule has 7 heteroatoms. The molecular formula is C16H14ClF3O3. The third kappa shape index (κ3) is 3.91. The van der Waals surface area contributed by atoms with E-state index in [0.29, 0.717) is 12.0 Å². The van der Waals surface area contributed by atoms with Crippen LogP contribution in [0.4, 0.5) is 13.2 Å². The van der Waals surface area contributed by atoms with Crippen molar-refractivity contribution in [1.29, 1.82) is 0 Å². The van der Waals surface area contributed by atoms with E-state index in [0.717, 1.165) is 6.42 Å². The van der Waals surface area contributed by atoms with Crippen molar-refractivity contribution >= 4 is 17.6 Å². The highest BCUT2D eigenvalue weighted by Gasteiger charge is 2.52. The lowest BCUT2D eigenvalue weighted by molar-refractivity contribution is -0.217. The summed E-state index contributed by atoms with van der Waals surface area (Å²) < 4.78 is 44.4. The molecule has 1 heterocycles. The average molecular weight is 347 g/mol. The quantitative estimate of drug-likeness (QED) is 0.821. The van der Waals surface area contributed by atoms with Gasteiger partial charge in [-0.2, -0.15) is 13.2 Å². The number of unbranched alkanes of at least 4 members (excludes halogenated alkanes) is 1. The largest absolute Gasteiger partial charge is 0.481 e. The van der Waals surface area contributed by atoms with Gasteiger partial charge >= 0.3 is 12.1 Å². The first kappa shape index (κ1) is 17.5. The van der Waals surface area contributed by atoms with Crippen molar-refractivity contribution in [2.24, 2.45) is 5.92 Å². The van der Waals surface area contributed by atoms with Crippen LogP contribution in [0.2, 0.25) is 5.02 Å². The van der Waals surface area contributed by atoms with Crippen LogP contribution in [0.25, 0.3) is 0 Å². The molecule has 2 atom stereocenters. The molecule has 0 bridgehead atoms. The number of halogens is 4. The van der Waals surface area contributed by atoms with E-state index in [9.17, 15) is 18.0 Å². The van der Waals surface area contributed by atoms with Gasteiger partial charge in [0.05, 0.1) is 5.56 Å². The lowest BCUT2D eigenvalue weighted by Crippen LogP contribution is -2.47. The molecule has 0 fully saturated rings. The molecule has 3 nitrogen and oxygen atoms in total. The predicted octanol–water partition coefficient (Wildman–Crippen LogP) is 4.06. The minimum Gasteiger partial charge on any atom is -0.481 e. The van der Waals surface area contributed by atoms with Crippen LogP contribution in [0.5, 0.6) is 5.75 Å². The monoisotopic (exact) mass is 346 g/mol. The molecule has 0 amide bonds. The zero-order chi connectivity index (χ0) is 17.2. The molecule has 0 saturated carbocycles. The van der Waals surface area contributed by atoms with Crippen molar-refractivity contribution in [3.63, 3.8) is 0 Å². The van der Waals surface area contributed by atoms with Crippen LogP contribution in [-0.4, -0.2) is 23.4 Å². The summed E-state index contributed by atoms with van der Waals surface area (Å²) in [5, 5.41) is 9.35. The second kappa shape index (κ2) is 6.71. The molecule has 1 N–H and O–H groups in total. The van der Waals surface area contributed by atoms with E-state index in [1.54, 1.807) is 0 Å². The van der Waals surface area contributed by atoms with Crippen LogP contribution in [-0.2, 0) is 11.2 Å². The number of ether oxygens (including phenoxy) is 1. The third-order valence-corrected chi connectivity index (χ3v) is 3.64. The molecule has 0 saturated heterocycles. The van der Waals surface area contributed by atoms with E-state index < -0.39 is 24.2 Å². The van der Waals surface area contributed by atoms with Crippen molar-refractivity contribution in [2.75, 3.05) is 0 Å². The first-order chi connectivity index (χ1) is 10.7. The van der Waals surface area contributed by atoms with Crippen LogP contribution >= 0.6 is 11.6 Å². The fraction of sp³-hybridized carbons (Fsp3) is 0.438. The van der Waals surface area contributed by atoms with E-state index in [-0.39, 0.29) is 22.8 Å². The van der Waals surface area contributed by atoms with Gasteiger partial charge in [0.15, 0.2) is 0 Å². The highest BCUT2D eigenvalue weighted by Crippen LogP contribution is 2.41. The molecule has 124 valence electrons. The van der Waals surface area contributed by atoms with Crippen LogP contribution in [0, 0.1) is 17.8 Å². The molecule has 1 aliphatic heterocycles. The van der Waals surface area contributed by atoms with Gasteiger partial charge in [-0.15, -0.1) is 0 Å². The van der Waals surface area contributed by atoms with E-state index in [2.05, 4.69) is 11.8 Å². The zero-order valence-corrected chi connectivity index (χ0v) is 13.0. The Kier molecular flexibility index (Phi) is 5.10. The fourth-order valence-corrected chi connectivity index (χ4v) is 2.62. The van der Waals surface area contributed by atoms with Crippen molar-refractivity contribution in [3.05, 3.63) is 28.3 Å². The summed E-state index contributed by atoms with van der Waals surface area (Å²) in [5.74, 6) is 2.29. The molecule has 0 spiro atoms. The molecule has 2 rings (SSSR count). The number of hydrogen-bond acceptors (Lipinski definition) is 2. The van der Waals surface area contributed by atoms with Gasteiger partial charge in [-0.1, -0.05) is 30.4 Å². The van der Waals surface area contributed by atoms with E-state index in [1.807, 2.05) is 6.92 Å². The SMILES string of the molecule is CCCC#Cc1cc(Cl)cc2c1OC(C(F)(F)F)C(C(=O)O)C2. The summed E-state index contributed by atoms with van der Waals surface area (Å²) in [6.45, 7) is 1.93. The molecule has 0 aromatic heterocycles. The molecule has 0 radical (unpaired) electrons. The number of carboxylic acids is 1. The summed E-state index contributed by atoms with van der Waals surface area (Å²) in [6, 6.07) is 2.85. The maximum absolute atomic E-state index is 13.1. The number of hydrogen-bond donors (Lipinski definition) is 1. The lowest BCUT2D eigenvalue weighted by atomic mass is 9.89.